The van der Waals surface area contributed by atoms with Gasteiger partial charge in [0.05, 0.1) is 18.4 Å². The number of nitrogens with zero attached hydrogens (tertiary/aromatic N) is 2. The smallest absolute Gasteiger partial charge is 0.0888 e. The highest BCUT2D eigenvalue weighted by Gasteiger charge is 2.01. The van der Waals surface area contributed by atoms with Gasteiger partial charge in [-0.2, -0.15) is 5.10 Å². The minimum absolute atomic E-state index is 0.333. The first-order chi connectivity index (χ1) is 5.74. The summed E-state index contributed by atoms with van der Waals surface area (Å²) in [5.74, 6) is 0. The van der Waals surface area contributed by atoms with E-state index < -0.39 is 0 Å². The minimum Gasteiger partial charge on any atom is -0.372 e. The molecule has 1 aromatic rings. The molecule has 0 radical (unpaired) electrons. The third kappa shape index (κ3) is 2.34. The lowest BCUT2D eigenvalue weighted by atomic mass is 10.3. The van der Waals surface area contributed by atoms with Crippen LogP contribution in [0.15, 0.2) is 12.3 Å². The molecule has 0 spiro atoms. The Hall–Kier alpha value is -0.830. The lowest BCUT2D eigenvalue weighted by Gasteiger charge is -2.09. The first-order valence-corrected chi connectivity index (χ1v) is 4.32. The Kier molecular flexibility index (Phi) is 3.29. The third-order valence-corrected chi connectivity index (χ3v) is 2.01. The molecule has 1 rings (SSSR count). The van der Waals surface area contributed by atoms with Crippen molar-refractivity contribution in [2.24, 2.45) is 7.05 Å². The molecule has 0 aliphatic carbocycles. The van der Waals surface area contributed by atoms with Crippen LogP contribution in [0.3, 0.4) is 0 Å². The van der Waals surface area contributed by atoms with E-state index in [4.69, 9.17) is 4.74 Å². The SMILES string of the molecule is CC[C@@H](C)OCc1ccnn1C. The number of ether oxygens (including phenoxy) is 1. The molecule has 0 saturated heterocycles. The van der Waals surface area contributed by atoms with Gasteiger partial charge in [-0.05, 0) is 19.4 Å². The van der Waals surface area contributed by atoms with Crippen LogP contribution in [0.5, 0.6) is 0 Å². The zero-order valence-electron chi connectivity index (χ0n) is 7.95. The summed E-state index contributed by atoms with van der Waals surface area (Å²) in [4.78, 5) is 0. The molecule has 0 amide bonds. The van der Waals surface area contributed by atoms with Crippen molar-refractivity contribution in [3.63, 3.8) is 0 Å². The van der Waals surface area contributed by atoms with Gasteiger partial charge in [0.25, 0.3) is 0 Å². The second kappa shape index (κ2) is 4.26. The van der Waals surface area contributed by atoms with Gasteiger partial charge in [0.2, 0.25) is 0 Å². The number of hydrogen-bond acceptors (Lipinski definition) is 2. The Labute approximate surface area is 73.3 Å². The van der Waals surface area contributed by atoms with Gasteiger partial charge in [-0.15, -0.1) is 0 Å². The predicted octanol–water partition coefficient (Wildman–Crippen LogP) is 1.74. The van der Waals surface area contributed by atoms with E-state index in [0.29, 0.717) is 12.7 Å². The zero-order chi connectivity index (χ0) is 8.97. The fourth-order valence-corrected chi connectivity index (χ4v) is 0.888. The van der Waals surface area contributed by atoms with Crippen molar-refractivity contribution in [3.05, 3.63) is 18.0 Å². The maximum Gasteiger partial charge on any atom is 0.0888 e. The summed E-state index contributed by atoms with van der Waals surface area (Å²) in [6.45, 7) is 4.86. The second-order valence-corrected chi connectivity index (χ2v) is 2.98. The number of aryl methyl sites for hydroxylation is 1. The molecule has 1 heterocycles. The van der Waals surface area contributed by atoms with E-state index in [1.165, 1.54) is 0 Å². The average molecular weight is 168 g/mol. The number of rotatable bonds is 4. The van der Waals surface area contributed by atoms with Gasteiger partial charge in [-0.3, -0.25) is 4.68 Å². The molecule has 12 heavy (non-hydrogen) atoms. The van der Waals surface area contributed by atoms with Gasteiger partial charge in [0.1, 0.15) is 0 Å². The first kappa shape index (κ1) is 9.26. The summed E-state index contributed by atoms with van der Waals surface area (Å²) in [5.41, 5.74) is 1.12. The van der Waals surface area contributed by atoms with Crippen LogP contribution in [-0.4, -0.2) is 15.9 Å². The standard InChI is InChI=1S/C9H16N2O/c1-4-8(2)12-7-9-5-6-10-11(9)3/h5-6,8H,4,7H2,1-3H3/t8-/m1/s1. The topological polar surface area (TPSA) is 27.1 Å². The van der Waals surface area contributed by atoms with Crippen LogP contribution in [0.2, 0.25) is 0 Å². The summed E-state index contributed by atoms with van der Waals surface area (Å²) in [6, 6.07) is 1.97. The lowest BCUT2D eigenvalue weighted by Crippen LogP contribution is -2.08. The summed E-state index contributed by atoms with van der Waals surface area (Å²) >= 11 is 0. The summed E-state index contributed by atoms with van der Waals surface area (Å²) < 4.78 is 7.39. The molecule has 68 valence electrons. The van der Waals surface area contributed by atoms with Crippen LogP contribution in [0.1, 0.15) is 26.0 Å². The van der Waals surface area contributed by atoms with E-state index in [-0.39, 0.29) is 0 Å². The third-order valence-electron chi connectivity index (χ3n) is 2.01. The summed E-state index contributed by atoms with van der Waals surface area (Å²) in [7, 11) is 1.93. The van der Waals surface area contributed by atoms with Crippen molar-refractivity contribution in [2.75, 3.05) is 0 Å². The van der Waals surface area contributed by atoms with Crippen LogP contribution in [0.4, 0.5) is 0 Å². The minimum atomic E-state index is 0.333. The molecule has 0 N–H and O–H groups in total. The van der Waals surface area contributed by atoms with Gasteiger partial charge in [0.15, 0.2) is 0 Å². The molecule has 3 nitrogen and oxygen atoms in total. The Balaban J connectivity index is 2.38. The van der Waals surface area contributed by atoms with E-state index in [1.54, 1.807) is 6.20 Å². The lowest BCUT2D eigenvalue weighted by molar-refractivity contribution is 0.0471. The highest BCUT2D eigenvalue weighted by molar-refractivity contribution is 4.97. The fourth-order valence-electron chi connectivity index (χ4n) is 0.888. The second-order valence-electron chi connectivity index (χ2n) is 2.98. The molecule has 0 fully saturated rings. The molecule has 0 aliphatic rings. The van der Waals surface area contributed by atoms with Crippen molar-refractivity contribution in [1.82, 2.24) is 9.78 Å². The van der Waals surface area contributed by atoms with Crippen LogP contribution in [0.25, 0.3) is 0 Å². The quantitative estimate of drug-likeness (QED) is 0.684. The highest BCUT2D eigenvalue weighted by Crippen LogP contribution is 2.03. The molecule has 1 atom stereocenters. The number of aromatic nitrogens is 2. The Morgan fingerprint density at radius 1 is 1.67 bits per heavy atom. The van der Waals surface area contributed by atoms with Crippen molar-refractivity contribution in [3.8, 4) is 0 Å². The van der Waals surface area contributed by atoms with Crippen molar-refractivity contribution < 1.29 is 4.74 Å². The van der Waals surface area contributed by atoms with E-state index in [9.17, 15) is 0 Å². The Bertz CT molecular complexity index is 232. The average Bonchev–Trinajstić information content (AvgIpc) is 2.47. The fraction of sp³-hybridized carbons (Fsp3) is 0.667. The van der Waals surface area contributed by atoms with Gasteiger partial charge in [-0.1, -0.05) is 6.92 Å². The van der Waals surface area contributed by atoms with Crippen molar-refractivity contribution in [2.45, 2.75) is 33.0 Å². The Morgan fingerprint density at radius 2 is 2.42 bits per heavy atom. The molecule has 0 aliphatic heterocycles. The monoisotopic (exact) mass is 168 g/mol. The van der Waals surface area contributed by atoms with Crippen molar-refractivity contribution >= 4 is 0 Å². The van der Waals surface area contributed by atoms with E-state index in [2.05, 4.69) is 18.9 Å². The van der Waals surface area contributed by atoms with Crippen LogP contribution < -0.4 is 0 Å². The number of hydrogen-bond donors (Lipinski definition) is 0. The van der Waals surface area contributed by atoms with Crippen LogP contribution in [-0.2, 0) is 18.4 Å². The van der Waals surface area contributed by atoms with E-state index >= 15 is 0 Å². The molecular formula is C9H16N2O. The molecule has 3 heteroatoms. The van der Waals surface area contributed by atoms with E-state index in [1.807, 2.05) is 17.8 Å². The van der Waals surface area contributed by atoms with Gasteiger partial charge >= 0.3 is 0 Å². The highest BCUT2D eigenvalue weighted by atomic mass is 16.5. The molecule has 0 unspecified atom stereocenters. The van der Waals surface area contributed by atoms with Crippen LogP contribution >= 0.6 is 0 Å². The van der Waals surface area contributed by atoms with E-state index in [0.717, 1.165) is 12.1 Å². The molecule has 1 aromatic heterocycles. The molecular weight excluding hydrogens is 152 g/mol. The molecule has 0 saturated carbocycles. The maximum absolute atomic E-state index is 5.56. The summed E-state index contributed by atoms with van der Waals surface area (Å²) in [5, 5.41) is 4.06. The Morgan fingerprint density at radius 3 is 2.92 bits per heavy atom. The predicted molar refractivity (Wildman–Crippen MR) is 47.8 cm³/mol. The van der Waals surface area contributed by atoms with Crippen LogP contribution in [0, 0.1) is 0 Å². The zero-order valence-corrected chi connectivity index (χ0v) is 7.95. The van der Waals surface area contributed by atoms with Crippen molar-refractivity contribution in [1.29, 1.82) is 0 Å². The maximum atomic E-state index is 5.56. The first-order valence-electron chi connectivity index (χ1n) is 4.32. The van der Waals surface area contributed by atoms with Gasteiger partial charge in [-0.25, -0.2) is 0 Å². The van der Waals surface area contributed by atoms with Gasteiger partial charge < -0.3 is 4.74 Å². The largest absolute Gasteiger partial charge is 0.372 e. The summed E-state index contributed by atoms with van der Waals surface area (Å²) in [6.07, 6.45) is 3.17. The molecule has 0 bridgehead atoms. The molecule has 0 aromatic carbocycles. The van der Waals surface area contributed by atoms with Gasteiger partial charge in [0, 0.05) is 13.2 Å². The normalized spacial score (nSPS) is 13.2.